The first-order valence-electron chi connectivity index (χ1n) is 11.1. The highest BCUT2D eigenvalue weighted by atomic mass is 32.1. The molecule has 2 aromatic carbocycles. The molecule has 0 spiro atoms. The molecule has 1 atom stereocenters. The molecule has 0 radical (unpaired) electrons. The highest BCUT2D eigenvalue weighted by Gasteiger charge is 2.18. The minimum Gasteiger partial charge on any atom is -0.475 e. The van der Waals surface area contributed by atoms with Gasteiger partial charge in [0, 0.05) is 23.4 Å². The van der Waals surface area contributed by atoms with Crippen molar-refractivity contribution in [3.63, 3.8) is 0 Å². The molecule has 0 fully saturated rings. The van der Waals surface area contributed by atoms with Crippen LogP contribution in [0.25, 0.3) is 32.3 Å². The smallest absolute Gasteiger partial charge is 0.274 e. The lowest BCUT2D eigenvalue weighted by molar-refractivity contribution is 0.0520. The molecule has 3 aromatic heterocycles. The first-order valence-corrected chi connectivity index (χ1v) is 11.9. The number of pyridine rings is 1. The fourth-order valence-electron chi connectivity index (χ4n) is 3.42. The van der Waals surface area contributed by atoms with E-state index in [0.29, 0.717) is 17.1 Å². The summed E-state index contributed by atoms with van der Waals surface area (Å²) in [4.78, 5) is 32.0. The molecule has 9 nitrogen and oxygen atoms in total. The Hall–Kier alpha value is -4.25. The zero-order chi connectivity index (χ0) is 24.9. The van der Waals surface area contributed by atoms with Crippen molar-refractivity contribution >= 4 is 33.3 Å². The molecule has 1 amide bonds. The monoisotopic (exact) mass is 499 g/mol. The van der Waals surface area contributed by atoms with E-state index in [9.17, 15) is 9.90 Å². The molecule has 0 bridgehead atoms. The van der Waals surface area contributed by atoms with Crippen LogP contribution < -0.4 is 10.1 Å². The fourth-order valence-corrected chi connectivity index (χ4v) is 4.36. The Morgan fingerprint density at radius 1 is 1.00 bits per heavy atom. The Labute approximate surface area is 210 Å². The van der Waals surface area contributed by atoms with Crippen LogP contribution in [-0.2, 0) is 0 Å². The van der Waals surface area contributed by atoms with Crippen LogP contribution in [0.4, 0.5) is 5.69 Å². The maximum atomic E-state index is 13.3. The third-order valence-corrected chi connectivity index (χ3v) is 6.19. The molecule has 3 N–H and O–H groups in total. The van der Waals surface area contributed by atoms with Crippen molar-refractivity contribution in [3.8, 4) is 27.8 Å². The van der Waals surface area contributed by atoms with Crippen LogP contribution in [0.5, 0.6) is 5.88 Å². The molecule has 0 aliphatic rings. The quantitative estimate of drug-likeness (QED) is 0.294. The zero-order valence-electron chi connectivity index (χ0n) is 18.9. The van der Waals surface area contributed by atoms with Crippen molar-refractivity contribution < 1.29 is 19.7 Å². The summed E-state index contributed by atoms with van der Waals surface area (Å²) in [7, 11) is 0. The predicted octanol–water partition coefficient (Wildman–Crippen LogP) is 3.80. The van der Waals surface area contributed by atoms with Gasteiger partial charge in [0.25, 0.3) is 5.91 Å². The lowest BCUT2D eigenvalue weighted by atomic mass is 10.1. The molecule has 0 saturated carbocycles. The van der Waals surface area contributed by atoms with E-state index in [0.717, 1.165) is 20.9 Å². The largest absolute Gasteiger partial charge is 0.475 e. The highest BCUT2D eigenvalue weighted by molar-refractivity contribution is 7.21. The Morgan fingerprint density at radius 2 is 1.81 bits per heavy atom. The van der Waals surface area contributed by atoms with E-state index < -0.39 is 18.6 Å². The number of benzene rings is 2. The van der Waals surface area contributed by atoms with E-state index in [4.69, 9.17) is 9.84 Å². The Morgan fingerprint density at radius 3 is 2.61 bits per heavy atom. The second kappa shape index (κ2) is 10.6. The number of thiazole rings is 1. The van der Waals surface area contributed by atoms with Gasteiger partial charge in [-0.15, -0.1) is 0 Å². The van der Waals surface area contributed by atoms with Gasteiger partial charge in [-0.3, -0.25) is 4.79 Å². The normalized spacial score (nSPS) is 11.8. The molecule has 0 aliphatic heterocycles. The van der Waals surface area contributed by atoms with Crippen molar-refractivity contribution in [1.82, 2.24) is 19.9 Å². The molecule has 0 aliphatic carbocycles. The number of para-hydroxylation sites is 1. The summed E-state index contributed by atoms with van der Waals surface area (Å²) in [6.45, 7) is -0.640. The molecule has 5 aromatic rings. The molecule has 3 heterocycles. The SMILES string of the molecule is O=C(Nc1ccccc1-c1nc2cccnc2s1)c1cc(OC[C@@H](O)CO)nc(-c2ccccc2)n1. The first-order chi connectivity index (χ1) is 17.6. The second-order valence-corrected chi connectivity index (χ2v) is 8.75. The Balaban J connectivity index is 1.47. The number of nitrogens with one attached hydrogen (secondary N) is 1. The Kier molecular flexibility index (Phi) is 6.89. The van der Waals surface area contributed by atoms with Crippen molar-refractivity contribution in [2.24, 2.45) is 0 Å². The number of carbonyl (C=O) groups is 1. The number of carbonyl (C=O) groups excluding carboxylic acids is 1. The molecule has 5 rings (SSSR count). The topological polar surface area (TPSA) is 130 Å². The zero-order valence-corrected chi connectivity index (χ0v) is 19.7. The minimum atomic E-state index is -1.08. The molecule has 0 saturated heterocycles. The van der Waals surface area contributed by atoms with Crippen LogP contribution in [0, 0.1) is 0 Å². The summed E-state index contributed by atoms with van der Waals surface area (Å²) in [6, 6.07) is 21.7. The summed E-state index contributed by atoms with van der Waals surface area (Å²) >= 11 is 1.44. The second-order valence-electron chi connectivity index (χ2n) is 7.77. The lowest BCUT2D eigenvalue weighted by Crippen LogP contribution is -2.22. The number of aliphatic hydroxyl groups excluding tert-OH is 2. The van der Waals surface area contributed by atoms with Crippen LogP contribution in [0.2, 0.25) is 0 Å². The molecular formula is C26H21N5O4S. The number of aromatic nitrogens is 4. The van der Waals surface area contributed by atoms with Crippen LogP contribution in [0.15, 0.2) is 79.0 Å². The number of hydrogen-bond acceptors (Lipinski definition) is 9. The molecule has 36 heavy (non-hydrogen) atoms. The van der Waals surface area contributed by atoms with Crippen molar-refractivity contribution in [3.05, 3.63) is 84.7 Å². The first kappa shape index (κ1) is 23.5. The van der Waals surface area contributed by atoms with Crippen molar-refractivity contribution in [2.75, 3.05) is 18.5 Å². The molecule has 180 valence electrons. The number of nitrogens with zero attached hydrogens (tertiary/aromatic N) is 4. The number of anilines is 1. The molecule has 10 heteroatoms. The summed E-state index contributed by atoms with van der Waals surface area (Å²) in [5.41, 5.74) is 2.89. The summed E-state index contributed by atoms with van der Waals surface area (Å²) < 4.78 is 5.53. The van der Waals surface area contributed by atoms with Gasteiger partial charge in [-0.05, 0) is 24.3 Å². The third-order valence-electron chi connectivity index (χ3n) is 5.17. The van der Waals surface area contributed by atoms with E-state index in [-0.39, 0.29) is 18.2 Å². The van der Waals surface area contributed by atoms with Gasteiger partial charge in [-0.1, -0.05) is 53.8 Å². The third kappa shape index (κ3) is 5.20. The van der Waals surface area contributed by atoms with E-state index in [1.807, 2.05) is 60.7 Å². The van der Waals surface area contributed by atoms with Crippen LogP contribution in [0.1, 0.15) is 10.5 Å². The average Bonchev–Trinajstić information content (AvgIpc) is 3.36. The number of aliphatic hydroxyl groups is 2. The average molecular weight is 500 g/mol. The van der Waals surface area contributed by atoms with Gasteiger partial charge in [0.15, 0.2) is 5.82 Å². The van der Waals surface area contributed by atoms with E-state index >= 15 is 0 Å². The maximum absolute atomic E-state index is 13.3. The van der Waals surface area contributed by atoms with Gasteiger partial charge in [0.1, 0.15) is 33.8 Å². The standard InChI is InChI=1S/C26H21N5O4S/c32-14-17(33)15-35-22-13-21(28-23(31-22)16-7-2-1-3-8-16)24(34)29-19-10-5-4-9-18(19)25-30-20-11-6-12-27-26(20)36-25/h1-13,17,32-33H,14-15H2,(H,29,34)/t17-/m0/s1. The van der Waals surface area contributed by atoms with Gasteiger partial charge in [0.05, 0.1) is 12.3 Å². The van der Waals surface area contributed by atoms with Gasteiger partial charge in [-0.25, -0.2) is 15.0 Å². The van der Waals surface area contributed by atoms with Gasteiger partial charge < -0.3 is 20.3 Å². The fraction of sp³-hybridized carbons (Fsp3) is 0.115. The lowest BCUT2D eigenvalue weighted by Gasteiger charge is -2.13. The number of rotatable bonds is 8. The highest BCUT2D eigenvalue weighted by Crippen LogP contribution is 2.34. The van der Waals surface area contributed by atoms with Gasteiger partial charge >= 0.3 is 0 Å². The van der Waals surface area contributed by atoms with Gasteiger partial charge in [-0.2, -0.15) is 4.98 Å². The van der Waals surface area contributed by atoms with Crippen LogP contribution in [0.3, 0.4) is 0 Å². The van der Waals surface area contributed by atoms with E-state index in [1.54, 1.807) is 12.3 Å². The van der Waals surface area contributed by atoms with Crippen molar-refractivity contribution in [1.29, 1.82) is 0 Å². The summed E-state index contributed by atoms with van der Waals surface area (Å²) in [5.74, 6) is -0.0665. The summed E-state index contributed by atoms with van der Waals surface area (Å²) in [6.07, 6.45) is 0.643. The minimum absolute atomic E-state index is 0.0816. The van der Waals surface area contributed by atoms with Crippen molar-refractivity contribution in [2.45, 2.75) is 6.10 Å². The number of fused-ring (bicyclic) bond motifs is 1. The van der Waals surface area contributed by atoms with Crippen LogP contribution in [-0.4, -0.2) is 55.4 Å². The number of amides is 1. The Bertz CT molecular complexity index is 1480. The predicted molar refractivity (Wildman–Crippen MR) is 137 cm³/mol. The van der Waals surface area contributed by atoms with Gasteiger partial charge in [0.2, 0.25) is 5.88 Å². The molecule has 0 unspecified atom stereocenters. The van der Waals surface area contributed by atoms with E-state index in [1.165, 1.54) is 17.4 Å². The summed E-state index contributed by atoms with van der Waals surface area (Å²) in [5, 5.41) is 22.4. The number of ether oxygens (including phenoxy) is 1. The van der Waals surface area contributed by atoms with Crippen LogP contribution >= 0.6 is 11.3 Å². The number of hydrogen-bond donors (Lipinski definition) is 3. The molecular weight excluding hydrogens is 478 g/mol. The maximum Gasteiger partial charge on any atom is 0.274 e. The van der Waals surface area contributed by atoms with E-state index in [2.05, 4.69) is 25.3 Å².